The molecule has 0 bridgehead atoms. The fourth-order valence-electron chi connectivity index (χ4n) is 2.38. The third-order valence-corrected chi connectivity index (χ3v) is 3.43. The molecule has 0 fully saturated rings. The van der Waals surface area contributed by atoms with Gasteiger partial charge in [0.2, 0.25) is 0 Å². The van der Waals surface area contributed by atoms with Gasteiger partial charge in [0.1, 0.15) is 5.82 Å². The predicted octanol–water partition coefficient (Wildman–Crippen LogP) is 4.10. The Morgan fingerprint density at radius 2 is 1.90 bits per heavy atom. The molecule has 0 aromatic carbocycles. The van der Waals surface area contributed by atoms with E-state index in [9.17, 15) is 0 Å². The minimum atomic E-state index is 0.398. The van der Waals surface area contributed by atoms with E-state index in [1.54, 1.807) is 0 Å². The van der Waals surface area contributed by atoms with E-state index in [-0.39, 0.29) is 0 Å². The minimum absolute atomic E-state index is 0.398. The Hall–Kier alpha value is -1.97. The van der Waals surface area contributed by atoms with Gasteiger partial charge in [-0.3, -0.25) is 4.98 Å². The molecule has 4 nitrogen and oxygen atoms in total. The summed E-state index contributed by atoms with van der Waals surface area (Å²) in [4.78, 5) is 13.7. The maximum absolute atomic E-state index is 4.73. The molecule has 0 aliphatic carbocycles. The van der Waals surface area contributed by atoms with Crippen LogP contribution in [0.5, 0.6) is 0 Å². The number of nitrogens with zero attached hydrogens (tertiary/aromatic N) is 3. The number of anilines is 1. The summed E-state index contributed by atoms with van der Waals surface area (Å²) in [6.07, 6.45) is 2.91. The third kappa shape index (κ3) is 3.57. The average Bonchev–Trinajstić information content (AvgIpc) is 2.44. The van der Waals surface area contributed by atoms with Crippen LogP contribution >= 0.6 is 0 Å². The van der Waals surface area contributed by atoms with Gasteiger partial charge in [-0.05, 0) is 38.3 Å². The van der Waals surface area contributed by atoms with Crippen molar-refractivity contribution in [3.63, 3.8) is 0 Å². The van der Waals surface area contributed by atoms with Gasteiger partial charge >= 0.3 is 0 Å². The minimum Gasteiger partial charge on any atom is -0.370 e. The molecule has 0 unspecified atom stereocenters. The van der Waals surface area contributed by atoms with Gasteiger partial charge in [-0.25, -0.2) is 9.97 Å². The van der Waals surface area contributed by atoms with Crippen LogP contribution in [-0.4, -0.2) is 21.5 Å². The van der Waals surface area contributed by atoms with Crippen molar-refractivity contribution >= 4 is 5.82 Å². The van der Waals surface area contributed by atoms with Crippen LogP contribution in [0.2, 0.25) is 0 Å². The van der Waals surface area contributed by atoms with E-state index in [2.05, 4.69) is 43.0 Å². The lowest BCUT2D eigenvalue weighted by atomic mass is 10.0. The van der Waals surface area contributed by atoms with Gasteiger partial charge in [0.05, 0.1) is 0 Å². The summed E-state index contributed by atoms with van der Waals surface area (Å²) in [5.74, 6) is 2.09. The Morgan fingerprint density at radius 3 is 2.48 bits per heavy atom. The van der Waals surface area contributed by atoms with Gasteiger partial charge in [-0.1, -0.05) is 20.8 Å². The Morgan fingerprint density at radius 1 is 1.14 bits per heavy atom. The fourth-order valence-corrected chi connectivity index (χ4v) is 2.38. The number of aryl methyl sites for hydroxylation is 2. The zero-order valence-corrected chi connectivity index (χ0v) is 13.6. The van der Waals surface area contributed by atoms with Crippen LogP contribution in [0.25, 0.3) is 11.4 Å². The van der Waals surface area contributed by atoms with Gasteiger partial charge < -0.3 is 5.32 Å². The maximum Gasteiger partial charge on any atom is 0.163 e. The number of pyridine rings is 1. The molecule has 0 aliphatic rings. The monoisotopic (exact) mass is 284 g/mol. The van der Waals surface area contributed by atoms with E-state index in [0.29, 0.717) is 5.92 Å². The molecule has 112 valence electrons. The number of aromatic nitrogens is 3. The standard InChI is InChI=1S/C17H24N4/c1-6-9-18-17-15(11(2)3)13(5)20-16(21-17)14-8-7-12(4)19-10-14/h7-8,10-11H,6,9H2,1-5H3,(H,18,20,21). The largest absolute Gasteiger partial charge is 0.370 e. The first-order valence-electron chi connectivity index (χ1n) is 7.58. The van der Waals surface area contributed by atoms with E-state index in [4.69, 9.17) is 4.98 Å². The quantitative estimate of drug-likeness (QED) is 0.898. The lowest BCUT2D eigenvalue weighted by Gasteiger charge is -2.17. The molecule has 2 aromatic rings. The maximum atomic E-state index is 4.73. The highest BCUT2D eigenvalue weighted by molar-refractivity contribution is 5.59. The second-order valence-corrected chi connectivity index (χ2v) is 5.66. The molecule has 2 rings (SSSR count). The summed E-state index contributed by atoms with van der Waals surface area (Å²) in [5, 5.41) is 3.44. The van der Waals surface area contributed by atoms with E-state index >= 15 is 0 Å². The first-order valence-corrected chi connectivity index (χ1v) is 7.58. The van der Waals surface area contributed by atoms with Crippen LogP contribution in [0.4, 0.5) is 5.82 Å². The van der Waals surface area contributed by atoms with Crippen LogP contribution in [0.15, 0.2) is 18.3 Å². The van der Waals surface area contributed by atoms with E-state index < -0.39 is 0 Å². The average molecular weight is 284 g/mol. The van der Waals surface area contributed by atoms with E-state index in [1.807, 2.05) is 25.3 Å². The van der Waals surface area contributed by atoms with E-state index in [0.717, 1.165) is 41.6 Å². The molecule has 0 radical (unpaired) electrons. The molecule has 4 heteroatoms. The lowest BCUT2D eigenvalue weighted by molar-refractivity contribution is 0.826. The summed E-state index contributed by atoms with van der Waals surface area (Å²) in [5.41, 5.74) is 4.19. The molecule has 0 saturated heterocycles. The zero-order chi connectivity index (χ0) is 15.4. The van der Waals surface area contributed by atoms with Gasteiger partial charge in [0.25, 0.3) is 0 Å². The number of nitrogens with one attached hydrogen (secondary N) is 1. The molecule has 0 aliphatic heterocycles. The number of rotatable bonds is 5. The molecule has 0 atom stereocenters. The molecular formula is C17H24N4. The first kappa shape index (κ1) is 15.4. The second-order valence-electron chi connectivity index (χ2n) is 5.66. The van der Waals surface area contributed by atoms with Gasteiger partial charge in [-0.2, -0.15) is 0 Å². The molecule has 0 spiro atoms. The molecule has 2 aromatic heterocycles. The first-order chi connectivity index (χ1) is 10.0. The van der Waals surface area contributed by atoms with Crippen molar-refractivity contribution in [3.05, 3.63) is 35.3 Å². The Labute approximate surface area is 127 Å². The molecule has 2 heterocycles. The summed E-state index contributed by atoms with van der Waals surface area (Å²) >= 11 is 0. The molecule has 1 N–H and O–H groups in total. The molecule has 21 heavy (non-hydrogen) atoms. The summed E-state index contributed by atoms with van der Waals surface area (Å²) in [6, 6.07) is 4.01. The van der Waals surface area contributed by atoms with Crippen LogP contribution in [0.3, 0.4) is 0 Å². The van der Waals surface area contributed by atoms with Gasteiger partial charge in [-0.15, -0.1) is 0 Å². The summed E-state index contributed by atoms with van der Waals surface area (Å²) in [7, 11) is 0. The number of hydrogen-bond donors (Lipinski definition) is 1. The van der Waals surface area contributed by atoms with Crippen molar-refractivity contribution in [2.75, 3.05) is 11.9 Å². The van der Waals surface area contributed by atoms with Gasteiger partial charge in [0, 0.05) is 35.3 Å². The van der Waals surface area contributed by atoms with E-state index in [1.165, 1.54) is 5.56 Å². The Kier molecular flexibility index (Phi) is 4.89. The van der Waals surface area contributed by atoms with Gasteiger partial charge in [0.15, 0.2) is 5.82 Å². The van der Waals surface area contributed by atoms with Crippen molar-refractivity contribution in [1.29, 1.82) is 0 Å². The number of hydrogen-bond acceptors (Lipinski definition) is 4. The van der Waals surface area contributed by atoms with Crippen molar-refractivity contribution in [3.8, 4) is 11.4 Å². The fraction of sp³-hybridized carbons (Fsp3) is 0.471. The van der Waals surface area contributed by atoms with Crippen molar-refractivity contribution in [2.45, 2.75) is 47.0 Å². The van der Waals surface area contributed by atoms with Crippen LogP contribution in [0.1, 0.15) is 50.1 Å². The Bertz CT molecular complexity index is 603. The van der Waals surface area contributed by atoms with Crippen LogP contribution < -0.4 is 5.32 Å². The molecular weight excluding hydrogens is 260 g/mol. The van der Waals surface area contributed by atoms with Crippen LogP contribution in [0, 0.1) is 13.8 Å². The van der Waals surface area contributed by atoms with Crippen LogP contribution in [-0.2, 0) is 0 Å². The smallest absolute Gasteiger partial charge is 0.163 e. The Balaban J connectivity index is 2.48. The SMILES string of the molecule is CCCNc1nc(-c2ccc(C)nc2)nc(C)c1C(C)C. The highest BCUT2D eigenvalue weighted by Crippen LogP contribution is 2.28. The predicted molar refractivity (Wildman–Crippen MR) is 87.6 cm³/mol. The topological polar surface area (TPSA) is 50.7 Å². The summed E-state index contributed by atoms with van der Waals surface area (Å²) in [6.45, 7) is 11.5. The molecule has 0 amide bonds. The van der Waals surface area contributed by atoms with Crippen molar-refractivity contribution in [1.82, 2.24) is 15.0 Å². The van der Waals surface area contributed by atoms with Crippen molar-refractivity contribution < 1.29 is 0 Å². The highest BCUT2D eigenvalue weighted by Gasteiger charge is 2.15. The third-order valence-electron chi connectivity index (χ3n) is 3.43. The highest BCUT2D eigenvalue weighted by atomic mass is 15.0. The summed E-state index contributed by atoms with van der Waals surface area (Å²) < 4.78 is 0. The second kappa shape index (κ2) is 6.66. The lowest BCUT2D eigenvalue weighted by Crippen LogP contribution is -2.10. The zero-order valence-electron chi connectivity index (χ0n) is 13.6. The molecule has 0 saturated carbocycles. The normalized spacial score (nSPS) is 11.0. The van der Waals surface area contributed by atoms with Crippen molar-refractivity contribution in [2.24, 2.45) is 0 Å².